The molecule has 20 heavy (non-hydrogen) atoms. The van der Waals surface area contributed by atoms with E-state index < -0.39 is 0 Å². The lowest BCUT2D eigenvalue weighted by Gasteiger charge is -2.18. The highest BCUT2D eigenvalue weighted by atomic mass is 15.3. The van der Waals surface area contributed by atoms with Gasteiger partial charge in [-0.2, -0.15) is 5.10 Å². The fourth-order valence-electron chi connectivity index (χ4n) is 2.19. The molecule has 0 aromatic carbocycles. The molecule has 0 aliphatic carbocycles. The molecule has 0 radical (unpaired) electrons. The van der Waals surface area contributed by atoms with Gasteiger partial charge in [0, 0.05) is 31.0 Å². The molecule has 0 atom stereocenters. The fourth-order valence-corrected chi connectivity index (χ4v) is 2.19. The van der Waals surface area contributed by atoms with Crippen molar-refractivity contribution in [3.8, 4) is 0 Å². The predicted molar refractivity (Wildman–Crippen MR) is 82.9 cm³/mol. The van der Waals surface area contributed by atoms with Gasteiger partial charge in [0.2, 0.25) is 0 Å². The maximum absolute atomic E-state index is 4.49. The summed E-state index contributed by atoms with van der Waals surface area (Å²) in [6, 6.07) is 4.18. The summed E-state index contributed by atoms with van der Waals surface area (Å²) >= 11 is 0. The van der Waals surface area contributed by atoms with Gasteiger partial charge < -0.3 is 5.32 Å². The van der Waals surface area contributed by atoms with Crippen LogP contribution in [0.15, 0.2) is 18.3 Å². The standard InChI is InChI=1S/C16H24N4/c1-11-14(12(2)20(6)19-11)10-18-15-8-7-13(9-17-15)16(3,4)5/h7-9H,10H2,1-6H3,(H,17,18). The number of pyridine rings is 1. The van der Waals surface area contributed by atoms with E-state index in [0.29, 0.717) is 0 Å². The third-order valence-corrected chi connectivity index (χ3v) is 3.73. The van der Waals surface area contributed by atoms with Gasteiger partial charge in [0.15, 0.2) is 0 Å². The van der Waals surface area contributed by atoms with Gasteiger partial charge in [0.05, 0.1) is 5.69 Å². The Morgan fingerprint density at radius 3 is 2.35 bits per heavy atom. The van der Waals surface area contributed by atoms with Crippen LogP contribution in [0.3, 0.4) is 0 Å². The van der Waals surface area contributed by atoms with Crippen molar-refractivity contribution >= 4 is 5.82 Å². The molecule has 0 aliphatic heterocycles. The van der Waals surface area contributed by atoms with Crippen LogP contribution in [-0.4, -0.2) is 14.8 Å². The molecule has 2 rings (SSSR count). The molecular weight excluding hydrogens is 248 g/mol. The molecule has 0 unspecified atom stereocenters. The Hall–Kier alpha value is -1.84. The van der Waals surface area contributed by atoms with Crippen molar-refractivity contribution in [3.05, 3.63) is 40.8 Å². The first-order valence-corrected chi connectivity index (χ1v) is 6.98. The van der Waals surface area contributed by atoms with Crippen LogP contribution >= 0.6 is 0 Å². The molecule has 108 valence electrons. The Balaban J connectivity index is 2.08. The number of rotatable bonds is 3. The normalized spacial score (nSPS) is 11.7. The van der Waals surface area contributed by atoms with Crippen molar-refractivity contribution in [2.45, 2.75) is 46.6 Å². The van der Waals surface area contributed by atoms with E-state index in [9.17, 15) is 0 Å². The second kappa shape index (κ2) is 5.27. The predicted octanol–water partition coefficient (Wildman–Crippen LogP) is 3.34. The van der Waals surface area contributed by atoms with Crippen LogP contribution in [-0.2, 0) is 19.0 Å². The van der Waals surface area contributed by atoms with E-state index >= 15 is 0 Å². The smallest absolute Gasteiger partial charge is 0.126 e. The van der Waals surface area contributed by atoms with Crippen molar-refractivity contribution in [1.29, 1.82) is 0 Å². The van der Waals surface area contributed by atoms with Crippen LogP contribution in [0, 0.1) is 13.8 Å². The number of anilines is 1. The van der Waals surface area contributed by atoms with E-state index in [1.165, 1.54) is 16.8 Å². The highest BCUT2D eigenvalue weighted by molar-refractivity contribution is 5.39. The van der Waals surface area contributed by atoms with Crippen molar-refractivity contribution in [2.24, 2.45) is 7.05 Å². The lowest BCUT2D eigenvalue weighted by Crippen LogP contribution is -2.12. The van der Waals surface area contributed by atoms with Crippen LogP contribution in [0.25, 0.3) is 0 Å². The largest absolute Gasteiger partial charge is 0.366 e. The van der Waals surface area contributed by atoms with Gasteiger partial charge in [-0.05, 0) is 30.9 Å². The zero-order valence-electron chi connectivity index (χ0n) is 13.3. The summed E-state index contributed by atoms with van der Waals surface area (Å²) in [6.45, 7) is 11.5. The summed E-state index contributed by atoms with van der Waals surface area (Å²) in [4.78, 5) is 4.49. The molecule has 4 heteroatoms. The summed E-state index contributed by atoms with van der Waals surface area (Å²) in [6.07, 6.45) is 1.95. The van der Waals surface area contributed by atoms with Crippen molar-refractivity contribution in [1.82, 2.24) is 14.8 Å². The maximum atomic E-state index is 4.49. The first kappa shape index (κ1) is 14.6. The lowest BCUT2D eigenvalue weighted by molar-refractivity contribution is 0.587. The minimum atomic E-state index is 0.141. The van der Waals surface area contributed by atoms with Gasteiger partial charge in [0.1, 0.15) is 5.82 Å². The Bertz CT molecular complexity index is 588. The Morgan fingerprint density at radius 2 is 1.90 bits per heavy atom. The number of nitrogens with zero attached hydrogens (tertiary/aromatic N) is 3. The molecule has 0 amide bonds. The van der Waals surface area contributed by atoms with Crippen LogP contribution in [0.5, 0.6) is 0 Å². The minimum Gasteiger partial charge on any atom is -0.366 e. The zero-order valence-corrected chi connectivity index (χ0v) is 13.3. The van der Waals surface area contributed by atoms with E-state index in [1.54, 1.807) is 0 Å². The zero-order chi connectivity index (χ0) is 14.9. The van der Waals surface area contributed by atoms with E-state index in [1.807, 2.05) is 30.9 Å². The second-order valence-electron chi connectivity index (χ2n) is 6.31. The minimum absolute atomic E-state index is 0.141. The molecule has 2 aromatic heterocycles. The third kappa shape index (κ3) is 3.00. The molecule has 1 N–H and O–H groups in total. The van der Waals surface area contributed by atoms with E-state index in [4.69, 9.17) is 0 Å². The van der Waals surface area contributed by atoms with Crippen LogP contribution < -0.4 is 5.32 Å². The number of aromatic nitrogens is 3. The van der Waals surface area contributed by atoms with Crippen LogP contribution in [0.4, 0.5) is 5.82 Å². The lowest BCUT2D eigenvalue weighted by atomic mass is 9.88. The van der Waals surface area contributed by atoms with Crippen molar-refractivity contribution in [2.75, 3.05) is 5.32 Å². The summed E-state index contributed by atoms with van der Waals surface area (Å²) in [7, 11) is 1.97. The molecule has 0 spiro atoms. The van der Waals surface area contributed by atoms with Gasteiger partial charge in [-0.25, -0.2) is 4.98 Å². The first-order valence-electron chi connectivity index (χ1n) is 6.98. The number of hydrogen-bond donors (Lipinski definition) is 1. The average molecular weight is 272 g/mol. The summed E-state index contributed by atoms with van der Waals surface area (Å²) < 4.78 is 1.92. The molecule has 0 aliphatic rings. The van der Waals surface area contributed by atoms with Crippen molar-refractivity contribution < 1.29 is 0 Å². The molecular formula is C16H24N4. The van der Waals surface area contributed by atoms with Gasteiger partial charge in [-0.15, -0.1) is 0 Å². The highest BCUT2D eigenvalue weighted by Gasteiger charge is 2.14. The Labute approximate surface area is 121 Å². The molecule has 4 nitrogen and oxygen atoms in total. The van der Waals surface area contributed by atoms with E-state index in [0.717, 1.165) is 18.1 Å². The Morgan fingerprint density at radius 1 is 1.20 bits per heavy atom. The Kier molecular flexibility index (Phi) is 3.84. The quantitative estimate of drug-likeness (QED) is 0.932. The summed E-state index contributed by atoms with van der Waals surface area (Å²) in [5.41, 5.74) is 4.90. The van der Waals surface area contributed by atoms with Gasteiger partial charge in [-0.1, -0.05) is 26.8 Å². The van der Waals surface area contributed by atoms with Gasteiger partial charge >= 0.3 is 0 Å². The number of aryl methyl sites for hydroxylation is 2. The topological polar surface area (TPSA) is 42.7 Å². The van der Waals surface area contributed by atoms with Gasteiger partial charge in [-0.3, -0.25) is 4.68 Å². The molecule has 2 aromatic rings. The van der Waals surface area contributed by atoms with Gasteiger partial charge in [0.25, 0.3) is 0 Å². The third-order valence-electron chi connectivity index (χ3n) is 3.73. The molecule has 0 bridgehead atoms. The number of hydrogen-bond acceptors (Lipinski definition) is 3. The molecule has 0 saturated heterocycles. The maximum Gasteiger partial charge on any atom is 0.126 e. The summed E-state index contributed by atoms with van der Waals surface area (Å²) in [5.74, 6) is 0.903. The molecule has 0 saturated carbocycles. The monoisotopic (exact) mass is 272 g/mol. The van der Waals surface area contributed by atoms with Crippen molar-refractivity contribution in [3.63, 3.8) is 0 Å². The van der Waals surface area contributed by atoms with E-state index in [2.05, 4.69) is 49.2 Å². The van der Waals surface area contributed by atoms with E-state index in [-0.39, 0.29) is 5.41 Å². The molecule has 0 fully saturated rings. The fraction of sp³-hybridized carbons (Fsp3) is 0.500. The second-order valence-corrected chi connectivity index (χ2v) is 6.31. The van der Waals surface area contributed by atoms with Crippen LogP contribution in [0.2, 0.25) is 0 Å². The average Bonchev–Trinajstić information content (AvgIpc) is 2.61. The first-order chi connectivity index (χ1) is 9.29. The number of nitrogens with one attached hydrogen (secondary N) is 1. The highest BCUT2D eigenvalue weighted by Crippen LogP contribution is 2.22. The summed E-state index contributed by atoms with van der Waals surface area (Å²) in [5, 5.41) is 7.80. The SMILES string of the molecule is Cc1nn(C)c(C)c1CNc1ccc(C(C)(C)C)cn1. The molecule has 2 heterocycles. The van der Waals surface area contributed by atoms with Crippen LogP contribution in [0.1, 0.15) is 43.3 Å².